The molecule has 19 heavy (non-hydrogen) atoms. The molecular formula is C14H20BrNO2S. The molecule has 0 aromatic heterocycles. The van der Waals surface area contributed by atoms with Gasteiger partial charge in [0.2, 0.25) is 5.91 Å². The summed E-state index contributed by atoms with van der Waals surface area (Å²) in [5.41, 5.74) is 1.93. The largest absolute Gasteiger partial charge is 0.396 e. The van der Waals surface area contributed by atoms with Crippen molar-refractivity contribution in [1.82, 2.24) is 0 Å². The summed E-state index contributed by atoms with van der Waals surface area (Å²) in [6.07, 6.45) is 0. The third kappa shape index (κ3) is 5.55. The second kappa shape index (κ2) is 7.92. The van der Waals surface area contributed by atoms with Crippen molar-refractivity contribution in [3.8, 4) is 0 Å². The van der Waals surface area contributed by atoms with Gasteiger partial charge in [0.1, 0.15) is 0 Å². The molecule has 0 saturated carbocycles. The maximum Gasteiger partial charge on any atom is 0.237 e. The zero-order chi connectivity index (χ0) is 14.4. The number of carbonyl (C=O) groups is 1. The van der Waals surface area contributed by atoms with E-state index < -0.39 is 0 Å². The highest BCUT2D eigenvalue weighted by atomic mass is 79.9. The highest BCUT2D eigenvalue weighted by molar-refractivity contribution is 9.10. The Labute approximate surface area is 127 Å². The minimum Gasteiger partial charge on any atom is -0.396 e. The summed E-state index contributed by atoms with van der Waals surface area (Å²) in [6.45, 7) is 6.01. The molecule has 3 nitrogen and oxygen atoms in total. The first-order valence-corrected chi connectivity index (χ1v) is 8.07. The topological polar surface area (TPSA) is 49.3 Å². The van der Waals surface area contributed by atoms with Gasteiger partial charge >= 0.3 is 0 Å². The van der Waals surface area contributed by atoms with Crippen LogP contribution >= 0.6 is 27.7 Å². The number of carbonyl (C=O) groups excluding carboxylic acids is 1. The van der Waals surface area contributed by atoms with Crippen molar-refractivity contribution < 1.29 is 9.90 Å². The molecule has 0 heterocycles. The van der Waals surface area contributed by atoms with Crippen molar-refractivity contribution in [3.05, 3.63) is 28.2 Å². The zero-order valence-electron chi connectivity index (χ0n) is 11.4. The highest BCUT2D eigenvalue weighted by Gasteiger charge is 2.15. The van der Waals surface area contributed by atoms with Crippen LogP contribution in [0, 0.1) is 12.8 Å². The summed E-state index contributed by atoms with van der Waals surface area (Å²) in [5.74, 6) is 0.978. The Bertz CT molecular complexity index is 439. The van der Waals surface area contributed by atoms with Crippen LogP contribution in [0.1, 0.15) is 19.4 Å². The molecule has 1 aromatic rings. The van der Waals surface area contributed by atoms with Crippen molar-refractivity contribution in [3.63, 3.8) is 0 Å². The number of aliphatic hydroxyl groups is 1. The lowest BCUT2D eigenvalue weighted by atomic mass is 10.2. The van der Waals surface area contributed by atoms with Gasteiger partial charge in [0, 0.05) is 11.1 Å². The van der Waals surface area contributed by atoms with Crippen molar-refractivity contribution in [1.29, 1.82) is 0 Å². The molecule has 2 atom stereocenters. The molecule has 0 aliphatic rings. The SMILES string of the molecule is Cc1ccc(NC(=O)C(C)SCC(C)CO)c(Br)c1. The standard InChI is InChI=1S/C14H20BrNO2S/c1-9-4-5-13(12(15)6-9)16-14(18)11(3)19-8-10(2)7-17/h4-6,10-11,17H,7-8H2,1-3H3,(H,16,18). The number of aryl methyl sites for hydroxylation is 1. The molecule has 5 heteroatoms. The summed E-state index contributed by atoms with van der Waals surface area (Å²) < 4.78 is 0.891. The first-order valence-electron chi connectivity index (χ1n) is 6.23. The molecule has 0 saturated heterocycles. The van der Waals surface area contributed by atoms with Crippen LogP contribution in [0.4, 0.5) is 5.69 Å². The van der Waals surface area contributed by atoms with Crippen LogP contribution in [0.25, 0.3) is 0 Å². The third-order valence-electron chi connectivity index (χ3n) is 2.69. The van der Waals surface area contributed by atoms with Crippen molar-refractivity contribution >= 4 is 39.3 Å². The van der Waals surface area contributed by atoms with Crippen molar-refractivity contribution in [2.24, 2.45) is 5.92 Å². The average Bonchev–Trinajstić information content (AvgIpc) is 2.38. The van der Waals surface area contributed by atoms with Gasteiger partial charge < -0.3 is 10.4 Å². The van der Waals surface area contributed by atoms with E-state index in [2.05, 4.69) is 21.2 Å². The molecule has 2 unspecified atom stereocenters. The summed E-state index contributed by atoms with van der Waals surface area (Å²) in [6, 6.07) is 5.83. The number of benzene rings is 1. The second-order valence-electron chi connectivity index (χ2n) is 4.74. The number of aliphatic hydroxyl groups excluding tert-OH is 1. The Balaban J connectivity index is 2.54. The Morgan fingerprint density at radius 3 is 2.74 bits per heavy atom. The third-order valence-corrected chi connectivity index (χ3v) is 4.83. The van der Waals surface area contributed by atoms with E-state index in [9.17, 15) is 4.79 Å². The van der Waals surface area contributed by atoms with E-state index in [1.54, 1.807) is 11.8 Å². The van der Waals surface area contributed by atoms with E-state index >= 15 is 0 Å². The molecule has 106 valence electrons. The van der Waals surface area contributed by atoms with Crippen LogP contribution in [-0.4, -0.2) is 28.6 Å². The first-order chi connectivity index (χ1) is 8.93. The predicted octanol–water partition coefficient (Wildman–Crippen LogP) is 3.45. The summed E-state index contributed by atoms with van der Waals surface area (Å²) in [5, 5.41) is 11.7. The van der Waals surface area contributed by atoms with Gasteiger partial charge in [-0.3, -0.25) is 4.79 Å². The zero-order valence-corrected chi connectivity index (χ0v) is 13.8. The van der Waals surface area contributed by atoms with Crippen molar-refractivity contribution in [2.45, 2.75) is 26.0 Å². The van der Waals surface area contributed by atoms with Crippen LogP contribution in [-0.2, 0) is 4.79 Å². The lowest BCUT2D eigenvalue weighted by Gasteiger charge is -2.15. The molecule has 2 N–H and O–H groups in total. The normalized spacial score (nSPS) is 13.9. The van der Waals surface area contributed by atoms with Gasteiger partial charge in [0.25, 0.3) is 0 Å². The number of amides is 1. The monoisotopic (exact) mass is 345 g/mol. The number of thioether (sulfide) groups is 1. The van der Waals surface area contributed by atoms with Gasteiger partial charge in [-0.1, -0.05) is 13.0 Å². The fourth-order valence-electron chi connectivity index (χ4n) is 1.39. The molecular weight excluding hydrogens is 326 g/mol. The van der Waals surface area contributed by atoms with Crippen LogP contribution < -0.4 is 5.32 Å². The second-order valence-corrected chi connectivity index (χ2v) is 6.96. The van der Waals surface area contributed by atoms with Gasteiger partial charge in [-0.2, -0.15) is 0 Å². The Morgan fingerprint density at radius 2 is 2.16 bits per heavy atom. The fourth-order valence-corrected chi connectivity index (χ4v) is 2.92. The molecule has 0 aliphatic carbocycles. The Hall–Kier alpha value is -0.520. The van der Waals surface area contributed by atoms with Gasteiger partial charge in [-0.15, -0.1) is 11.8 Å². The van der Waals surface area contributed by atoms with Crippen LogP contribution in [0.3, 0.4) is 0 Å². The Kier molecular flexibility index (Phi) is 6.89. The van der Waals surface area contributed by atoms with Crippen LogP contribution in [0.2, 0.25) is 0 Å². The van der Waals surface area contributed by atoms with Gasteiger partial charge in [0.15, 0.2) is 0 Å². The van der Waals surface area contributed by atoms with E-state index in [-0.39, 0.29) is 23.7 Å². The van der Waals surface area contributed by atoms with Gasteiger partial charge in [0.05, 0.1) is 10.9 Å². The van der Waals surface area contributed by atoms with E-state index in [0.29, 0.717) is 0 Å². The summed E-state index contributed by atoms with van der Waals surface area (Å²) in [7, 11) is 0. The summed E-state index contributed by atoms with van der Waals surface area (Å²) in [4.78, 5) is 12.0. The number of rotatable bonds is 6. The molecule has 0 spiro atoms. The van der Waals surface area contributed by atoms with Crippen LogP contribution in [0.15, 0.2) is 22.7 Å². The smallest absolute Gasteiger partial charge is 0.237 e. The lowest BCUT2D eigenvalue weighted by Crippen LogP contribution is -2.24. The van der Waals surface area contributed by atoms with E-state index in [1.807, 2.05) is 39.0 Å². The maximum atomic E-state index is 12.0. The number of nitrogens with one attached hydrogen (secondary N) is 1. The molecule has 0 radical (unpaired) electrons. The summed E-state index contributed by atoms with van der Waals surface area (Å²) >= 11 is 5.00. The molecule has 0 bridgehead atoms. The fraction of sp³-hybridized carbons (Fsp3) is 0.500. The van der Waals surface area contributed by atoms with Crippen LogP contribution in [0.5, 0.6) is 0 Å². The number of anilines is 1. The number of hydrogen-bond acceptors (Lipinski definition) is 3. The number of halogens is 1. The van der Waals surface area contributed by atoms with Gasteiger partial charge in [-0.25, -0.2) is 0 Å². The van der Waals surface area contributed by atoms with E-state index in [0.717, 1.165) is 21.5 Å². The lowest BCUT2D eigenvalue weighted by molar-refractivity contribution is -0.115. The predicted molar refractivity (Wildman–Crippen MR) is 85.7 cm³/mol. The molecule has 0 fully saturated rings. The average molecular weight is 346 g/mol. The molecule has 1 amide bonds. The Morgan fingerprint density at radius 1 is 1.47 bits per heavy atom. The maximum absolute atomic E-state index is 12.0. The molecule has 1 rings (SSSR count). The van der Waals surface area contributed by atoms with E-state index in [4.69, 9.17) is 5.11 Å². The first kappa shape index (κ1) is 16.5. The minimum absolute atomic E-state index is 0.0142. The van der Waals surface area contributed by atoms with Crippen molar-refractivity contribution in [2.75, 3.05) is 17.7 Å². The molecule has 0 aliphatic heterocycles. The van der Waals surface area contributed by atoms with Gasteiger partial charge in [-0.05, 0) is 59.1 Å². The number of hydrogen-bond donors (Lipinski definition) is 2. The minimum atomic E-state index is -0.137. The van der Waals surface area contributed by atoms with E-state index in [1.165, 1.54) is 0 Å². The quantitative estimate of drug-likeness (QED) is 0.830. The highest BCUT2D eigenvalue weighted by Crippen LogP contribution is 2.24. The molecule has 1 aromatic carbocycles.